The van der Waals surface area contributed by atoms with E-state index in [1.807, 2.05) is 36.4 Å². The maximum absolute atomic E-state index is 12.6. The summed E-state index contributed by atoms with van der Waals surface area (Å²) in [7, 11) is 1.63. The Kier molecular flexibility index (Phi) is 5.39. The first-order chi connectivity index (χ1) is 13.7. The van der Waals surface area contributed by atoms with Crippen molar-refractivity contribution in [3.63, 3.8) is 0 Å². The fourth-order valence-electron chi connectivity index (χ4n) is 3.82. The van der Waals surface area contributed by atoms with Gasteiger partial charge in [0.05, 0.1) is 13.5 Å². The fourth-order valence-corrected chi connectivity index (χ4v) is 3.82. The number of hydrogen-bond donors (Lipinski definition) is 1. The van der Waals surface area contributed by atoms with Crippen molar-refractivity contribution in [3.8, 4) is 17.2 Å². The summed E-state index contributed by atoms with van der Waals surface area (Å²) in [5.74, 6) is 2.34. The Hall–Kier alpha value is -2.73. The van der Waals surface area contributed by atoms with Gasteiger partial charge in [0, 0.05) is 25.2 Å². The van der Waals surface area contributed by atoms with Gasteiger partial charge in [-0.1, -0.05) is 18.2 Å². The number of carbonyl (C=O) groups excluding carboxylic acids is 1. The van der Waals surface area contributed by atoms with Crippen molar-refractivity contribution in [2.75, 3.05) is 33.7 Å². The summed E-state index contributed by atoms with van der Waals surface area (Å²) in [6, 6.07) is 13.6. The van der Waals surface area contributed by atoms with Crippen LogP contribution in [0, 0.1) is 0 Å². The molecule has 0 aliphatic carbocycles. The van der Waals surface area contributed by atoms with Crippen molar-refractivity contribution in [1.82, 2.24) is 5.32 Å². The molecule has 1 N–H and O–H groups in total. The predicted octanol–water partition coefficient (Wildman–Crippen LogP) is 2.83. The molecule has 2 heterocycles. The van der Waals surface area contributed by atoms with Crippen LogP contribution in [0.25, 0.3) is 0 Å². The molecule has 1 fully saturated rings. The molecule has 6 heteroatoms. The summed E-state index contributed by atoms with van der Waals surface area (Å²) in [6.45, 7) is 2.20. The third-order valence-electron chi connectivity index (χ3n) is 5.58. The first-order valence-electron chi connectivity index (χ1n) is 9.56. The summed E-state index contributed by atoms with van der Waals surface area (Å²) >= 11 is 0. The van der Waals surface area contributed by atoms with E-state index in [4.69, 9.17) is 18.9 Å². The smallest absolute Gasteiger partial charge is 0.231 e. The molecule has 148 valence electrons. The molecule has 28 heavy (non-hydrogen) atoms. The highest BCUT2D eigenvalue weighted by molar-refractivity contribution is 5.78. The van der Waals surface area contributed by atoms with E-state index in [2.05, 4.69) is 11.4 Å². The van der Waals surface area contributed by atoms with Crippen molar-refractivity contribution in [2.24, 2.45) is 0 Å². The van der Waals surface area contributed by atoms with Crippen molar-refractivity contribution >= 4 is 5.91 Å². The van der Waals surface area contributed by atoms with Crippen LogP contribution in [0.4, 0.5) is 0 Å². The number of benzene rings is 2. The molecule has 0 unspecified atom stereocenters. The zero-order valence-corrected chi connectivity index (χ0v) is 16.0. The van der Waals surface area contributed by atoms with Gasteiger partial charge in [-0.25, -0.2) is 0 Å². The van der Waals surface area contributed by atoms with Gasteiger partial charge in [0.15, 0.2) is 11.5 Å². The number of carbonyl (C=O) groups is 1. The topological polar surface area (TPSA) is 66.0 Å². The Bertz CT molecular complexity index is 827. The lowest BCUT2D eigenvalue weighted by atomic mass is 9.74. The third kappa shape index (κ3) is 3.92. The van der Waals surface area contributed by atoms with Gasteiger partial charge in [0.1, 0.15) is 5.75 Å². The highest BCUT2D eigenvalue weighted by Crippen LogP contribution is 2.40. The number of amides is 1. The van der Waals surface area contributed by atoms with E-state index in [1.165, 1.54) is 0 Å². The first-order valence-corrected chi connectivity index (χ1v) is 9.56. The average Bonchev–Trinajstić information content (AvgIpc) is 3.21. The number of fused-ring (bicyclic) bond motifs is 1. The first kappa shape index (κ1) is 18.6. The van der Waals surface area contributed by atoms with Crippen LogP contribution in [0.1, 0.15) is 24.0 Å². The third-order valence-corrected chi connectivity index (χ3v) is 5.58. The van der Waals surface area contributed by atoms with Gasteiger partial charge in [0.2, 0.25) is 12.7 Å². The summed E-state index contributed by atoms with van der Waals surface area (Å²) in [5, 5.41) is 3.14. The molecule has 0 spiro atoms. The molecule has 1 saturated heterocycles. The normalized spacial score (nSPS) is 17.2. The highest BCUT2D eigenvalue weighted by atomic mass is 16.7. The van der Waals surface area contributed by atoms with Crippen molar-refractivity contribution in [1.29, 1.82) is 0 Å². The van der Waals surface area contributed by atoms with E-state index in [0.29, 0.717) is 26.2 Å². The molecule has 0 atom stereocenters. The zero-order chi connectivity index (χ0) is 19.4. The monoisotopic (exact) mass is 383 g/mol. The van der Waals surface area contributed by atoms with Crippen LogP contribution in [0.15, 0.2) is 42.5 Å². The van der Waals surface area contributed by atoms with E-state index in [9.17, 15) is 4.79 Å². The van der Waals surface area contributed by atoms with Crippen molar-refractivity contribution < 1.29 is 23.7 Å². The van der Waals surface area contributed by atoms with E-state index in [-0.39, 0.29) is 18.1 Å². The Morgan fingerprint density at radius 2 is 1.82 bits per heavy atom. The minimum absolute atomic E-state index is 0.0109. The molecule has 1 amide bonds. The molecule has 4 rings (SSSR count). The molecule has 2 aliphatic rings. The number of methoxy groups -OCH3 is 1. The summed E-state index contributed by atoms with van der Waals surface area (Å²) in [5.41, 5.74) is 1.96. The molecule has 6 nitrogen and oxygen atoms in total. The Morgan fingerprint density at radius 1 is 1.07 bits per heavy atom. The van der Waals surface area contributed by atoms with Crippen molar-refractivity contribution in [3.05, 3.63) is 53.6 Å². The van der Waals surface area contributed by atoms with Crippen LogP contribution in [0.5, 0.6) is 17.2 Å². The molecule has 2 aliphatic heterocycles. The average molecular weight is 383 g/mol. The van der Waals surface area contributed by atoms with E-state index in [1.54, 1.807) is 7.11 Å². The molecule has 0 bridgehead atoms. The second-order valence-electron chi connectivity index (χ2n) is 7.26. The zero-order valence-electron chi connectivity index (χ0n) is 16.0. The van der Waals surface area contributed by atoms with E-state index in [0.717, 1.165) is 41.2 Å². The maximum atomic E-state index is 12.6. The van der Waals surface area contributed by atoms with Gasteiger partial charge in [-0.3, -0.25) is 4.79 Å². The van der Waals surface area contributed by atoms with Gasteiger partial charge in [-0.15, -0.1) is 0 Å². The second-order valence-corrected chi connectivity index (χ2v) is 7.26. The lowest BCUT2D eigenvalue weighted by molar-refractivity contribution is -0.120. The van der Waals surface area contributed by atoms with Crippen molar-refractivity contribution in [2.45, 2.75) is 24.7 Å². The molecule has 0 saturated carbocycles. The van der Waals surface area contributed by atoms with E-state index < -0.39 is 0 Å². The van der Waals surface area contributed by atoms with Gasteiger partial charge in [-0.2, -0.15) is 0 Å². The maximum Gasteiger partial charge on any atom is 0.231 e. The molecular formula is C22H25NO5. The minimum Gasteiger partial charge on any atom is -0.497 e. The number of nitrogens with one attached hydrogen (secondary N) is 1. The predicted molar refractivity (Wildman–Crippen MR) is 104 cm³/mol. The summed E-state index contributed by atoms with van der Waals surface area (Å²) < 4.78 is 21.7. The van der Waals surface area contributed by atoms with Gasteiger partial charge in [-0.05, 0) is 48.2 Å². The standard InChI is InChI=1S/C22H25NO5/c1-25-18-5-2-16(3-6-18)12-21(24)23-14-22(8-10-26-11-9-22)17-4-7-19-20(13-17)28-15-27-19/h2-7,13H,8-12,14-15H2,1H3,(H,23,24). The number of ether oxygens (including phenoxy) is 4. The molecule has 2 aromatic carbocycles. The van der Waals surface area contributed by atoms with E-state index >= 15 is 0 Å². The lowest BCUT2D eigenvalue weighted by Gasteiger charge is -2.38. The quantitative estimate of drug-likeness (QED) is 0.831. The molecule has 2 aromatic rings. The Labute approximate surface area is 164 Å². The van der Waals surface area contributed by atoms with Crippen LogP contribution >= 0.6 is 0 Å². The van der Waals surface area contributed by atoms with Crippen LogP contribution in [-0.2, 0) is 21.4 Å². The van der Waals surface area contributed by atoms with Crippen LogP contribution in [0.3, 0.4) is 0 Å². The van der Waals surface area contributed by atoms with Gasteiger partial charge < -0.3 is 24.3 Å². The molecule has 0 aromatic heterocycles. The van der Waals surface area contributed by atoms with Crippen LogP contribution < -0.4 is 19.5 Å². The summed E-state index contributed by atoms with van der Waals surface area (Å²) in [4.78, 5) is 12.6. The fraction of sp³-hybridized carbons (Fsp3) is 0.409. The van der Waals surface area contributed by atoms with Gasteiger partial charge >= 0.3 is 0 Å². The van der Waals surface area contributed by atoms with Crippen LogP contribution in [-0.4, -0.2) is 39.6 Å². The molecule has 0 radical (unpaired) electrons. The SMILES string of the molecule is COc1ccc(CC(=O)NCC2(c3ccc4c(c3)OCO4)CCOCC2)cc1. The molecular weight excluding hydrogens is 358 g/mol. The number of rotatable bonds is 6. The Balaban J connectivity index is 1.45. The second kappa shape index (κ2) is 8.10. The lowest BCUT2D eigenvalue weighted by Crippen LogP contribution is -2.45. The minimum atomic E-state index is -0.158. The van der Waals surface area contributed by atoms with Crippen LogP contribution in [0.2, 0.25) is 0 Å². The largest absolute Gasteiger partial charge is 0.497 e. The van der Waals surface area contributed by atoms with Gasteiger partial charge in [0.25, 0.3) is 0 Å². The number of hydrogen-bond acceptors (Lipinski definition) is 5. The Morgan fingerprint density at radius 3 is 2.57 bits per heavy atom. The summed E-state index contributed by atoms with van der Waals surface area (Å²) in [6.07, 6.45) is 2.06. The highest BCUT2D eigenvalue weighted by Gasteiger charge is 2.36.